The molecule has 4 heteroatoms. The van der Waals surface area contributed by atoms with Crippen LogP contribution in [0, 0.1) is 0 Å². The summed E-state index contributed by atoms with van der Waals surface area (Å²) in [6.45, 7) is 0. The number of rotatable bonds is 2. The van der Waals surface area contributed by atoms with E-state index in [1.807, 2.05) is 12.1 Å². The second-order valence-corrected chi connectivity index (χ2v) is 3.61. The van der Waals surface area contributed by atoms with E-state index < -0.39 is 0 Å². The summed E-state index contributed by atoms with van der Waals surface area (Å²) in [6.07, 6.45) is 3.39. The Morgan fingerprint density at radius 2 is 2.12 bits per heavy atom. The molecule has 0 aliphatic carbocycles. The Morgan fingerprint density at radius 3 is 2.75 bits per heavy atom. The van der Waals surface area contributed by atoms with Gasteiger partial charge < -0.3 is 9.32 Å². The van der Waals surface area contributed by atoms with Crippen molar-refractivity contribution in [2.24, 2.45) is 0 Å². The maximum atomic E-state index is 11.6. The number of nitrogens with zero attached hydrogens (tertiary/aromatic N) is 2. The molecule has 0 aliphatic rings. The van der Waals surface area contributed by atoms with Crippen LogP contribution in [0.15, 0.2) is 41.1 Å². The van der Waals surface area contributed by atoms with Gasteiger partial charge in [0.25, 0.3) is 5.91 Å². The monoisotopic (exact) mass is 216 g/mol. The molecule has 0 saturated heterocycles. The molecule has 0 spiro atoms. The van der Waals surface area contributed by atoms with Crippen molar-refractivity contribution in [3.05, 3.63) is 42.4 Å². The molecule has 2 aromatic heterocycles. The summed E-state index contributed by atoms with van der Waals surface area (Å²) in [5.41, 5.74) is 0.861. The molecule has 0 aromatic carbocycles. The molecule has 0 unspecified atom stereocenters. The minimum absolute atomic E-state index is 0.143. The number of aromatic nitrogens is 1. The number of carbonyl (C=O) groups is 1. The summed E-state index contributed by atoms with van der Waals surface area (Å²) in [7, 11) is 3.38. The average molecular weight is 216 g/mol. The normalized spacial score (nSPS) is 10.1. The molecule has 0 fully saturated rings. The van der Waals surface area contributed by atoms with Crippen LogP contribution < -0.4 is 0 Å². The first-order valence-electron chi connectivity index (χ1n) is 4.90. The van der Waals surface area contributed by atoms with Gasteiger partial charge in [-0.25, -0.2) is 0 Å². The van der Waals surface area contributed by atoms with E-state index in [-0.39, 0.29) is 5.91 Å². The van der Waals surface area contributed by atoms with E-state index >= 15 is 0 Å². The Labute approximate surface area is 93.5 Å². The fourth-order valence-electron chi connectivity index (χ4n) is 1.34. The van der Waals surface area contributed by atoms with Crippen molar-refractivity contribution in [1.82, 2.24) is 9.88 Å². The van der Waals surface area contributed by atoms with Gasteiger partial charge in [-0.2, -0.15) is 0 Å². The molecule has 0 N–H and O–H groups in total. The molecule has 0 bridgehead atoms. The minimum atomic E-state index is -0.143. The summed E-state index contributed by atoms with van der Waals surface area (Å²) >= 11 is 0. The van der Waals surface area contributed by atoms with Crippen LogP contribution in [0.1, 0.15) is 10.6 Å². The first kappa shape index (κ1) is 10.4. The predicted molar refractivity (Wildman–Crippen MR) is 60.0 cm³/mol. The van der Waals surface area contributed by atoms with Crippen molar-refractivity contribution < 1.29 is 9.21 Å². The Kier molecular flexibility index (Phi) is 2.72. The van der Waals surface area contributed by atoms with Crippen LogP contribution in [0.5, 0.6) is 0 Å². The maximum absolute atomic E-state index is 11.6. The summed E-state index contributed by atoms with van der Waals surface area (Å²) in [5, 5.41) is 0. The third kappa shape index (κ3) is 1.95. The molecular formula is C12H12N2O2. The number of amides is 1. The van der Waals surface area contributed by atoms with Crippen molar-refractivity contribution in [2.45, 2.75) is 0 Å². The van der Waals surface area contributed by atoms with Gasteiger partial charge in [-0.1, -0.05) is 0 Å². The molecule has 2 rings (SSSR count). The third-order valence-electron chi connectivity index (χ3n) is 2.17. The zero-order chi connectivity index (χ0) is 11.5. The van der Waals surface area contributed by atoms with E-state index in [4.69, 9.17) is 4.42 Å². The second-order valence-electron chi connectivity index (χ2n) is 3.61. The van der Waals surface area contributed by atoms with Crippen molar-refractivity contribution in [1.29, 1.82) is 0 Å². The minimum Gasteiger partial charge on any atom is -0.451 e. The highest BCUT2D eigenvalue weighted by Gasteiger charge is 2.13. The van der Waals surface area contributed by atoms with E-state index in [1.54, 1.807) is 38.6 Å². The summed E-state index contributed by atoms with van der Waals surface area (Å²) < 4.78 is 5.46. The van der Waals surface area contributed by atoms with Crippen LogP contribution >= 0.6 is 0 Å². The molecule has 1 amide bonds. The highest BCUT2D eigenvalue weighted by atomic mass is 16.4. The summed E-state index contributed by atoms with van der Waals surface area (Å²) in [4.78, 5) is 17.1. The van der Waals surface area contributed by atoms with Gasteiger partial charge in [0.1, 0.15) is 5.76 Å². The third-order valence-corrected chi connectivity index (χ3v) is 2.17. The number of hydrogen-bond acceptors (Lipinski definition) is 3. The lowest BCUT2D eigenvalue weighted by molar-refractivity contribution is 0.0797. The Morgan fingerprint density at radius 1 is 1.31 bits per heavy atom. The maximum Gasteiger partial charge on any atom is 0.289 e. The largest absolute Gasteiger partial charge is 0.451 e. The molecular weight excluding hydrogens is 204 g/mol. The highest BCUT2D eigenvalue weighted by Crippen LogP contribution is 2.21. The lowest BCUT2D eigenvalue weighted by Crippen LogP contribution is -2.20. The van der Waals surface area contributed by atoms with Crippen LogP contribution in [0.25, 0.3) is 11.3 Å². The number of hydrogen-bond donors (Lipinski definition) is 0. The number of pyridine rings is 1. The highest BCUT2D eigenvalue weighted by molar-refractivity contribution is 5.91. The Balaban J connectivity index is 2.30. The first-order chi connectivity index (χ1) is 7.68. The topological polar surface area (TPSA) is 46.3 Å². The molecule has 0 radical (unpaired) electrons. The Hall–Kier alpha value is -2.10. The van der Waals surface area contributed by atoms with Crippen LogP contribution in [-0.4, -0.2) is 29.9 Å². The van der Waals surface area contributed by atoms with Crippen molar-refractivity contribution >= 4 is 5.91 Å². The van der Waals surface area contributed by atoms with Gasteiger partial charge in [0.2, 0.25) is 0 Å². The van der Waals surface area contributed by atoms with Crippen LogP contribution in [-0.2, 0) is 0 Å². The van der Waals surface area contributed by atoms with Gasteiger partial charge in [0, 0.05) is 32.1 Å². The molecule has 0 saturated carbocycles. The molecule has 82 valence electrons. The van der Waals surface area contributed by atoms with Crippen LogP contribution in [0.3, 0.4) is 0 Å². The molecule has 2 heterocycles. The summed E-state index contributed by atoms with van der Waals surface area (Å²) in [6, 6.07) is 7.15. The molecule has 16 heavy (non-hydrogen) atoms. The van der Waals surface area contributed by atoms with Gasteiger partial charge in [-0.05, 0) is 24.3 Å². The number of furan rings is 1. The van der Waals surface area contributed by atoms with E-state index in [1.165, 1.54) is 4.90 Å². The van der Waals surface area contributed by atoms with E-state index in [0.717, 1.165) is 5.56 Å². The van der Waals surface area contributed by atoms with Gasteiger partial charge in [0.15, 0.2) is 5.76 Å². The van der Waals surface area contributed by atoms with Crippen molar-refractivity contribution in [2.75, 3.05) is 14.1 Å². The Bertz CT molecular complexity index is 489. The molecule has 0 aliphatic heterocycles. The average Bonchev–Trinajstić information content (AvgIpc) is 2.78. The van der Waals surface area contributed by atoms with Gasteiger partial charge in [-0.3, -0.25) is 9.78 Å². The lowest BCUT2D eigenvalue weighted by Gasteiger charge is -2.06. The number of carbonyl (C=O) groups excluding carboxylic acids is 1. The van der Waals surface area contributed by atoms with E-state index in [9.17, 15) is 4.79 Å². The fourth-order valence-corrected chi connectivity index (χ4v) is 1.34. The molecule has 4 nitrogen and oxygen atoms in total. The summed E-state index contributed by atoms with van der Waals surface area (Å²) in [5.74, 6) is 0.845. The zero-order valence-corrected chi connectivity index (χ0v) is 9.18. The van der Waals surface area contributed by atoms with Crippen molar-refractivity contribution in [3.8, 4) is 11.3 Å². The van der Waals surface area contributed by atoms with Gasteiger partial charge in [-0.15, -0.1) is 0 Å². The standard InChI is InChI=1S/C12H12N2O2/c1-14(2)12(15)11-6-5-10(16-11)9-4-3-7-13-8-9/h3-8H,1-2H3. The molecule has 0 atom stereocenters. The van der Waals surface area contributed by atoms with Crippen LogP contribution in [0.2, 0.25) is 0 Å². The fraction of sp³-hybridized carbons (Fsp3) is 0.167. The van der Waals surface area contributed by atoms with E-state index in [0.29, 0.717) is 11.5 Å². The second kappa shape index (κ2) is 4.18. The quantitative estimate of drug-likeness (QED) is 0.771. The smallest absolute Gasteiger partial charge is 0.289 e. The zero-order valence-electron chi connectivity index (χ0n) is 9.18. The predicted octanol–water partition coefficient (Wildman–Crippen LogP) is 2.04. The lowest BCUT2D eigenvalue weighted by atomic mass is 10.2. The van der Waals surface area contributed by atoms with Gasteiger partial charge >= 0.3 is 0 Å². The van der Waals surface area contributed by atoms with Crippen molar-refractivity contribution in [3.63, 3.8) is 0 Å². The first-order valence-corrected chi connectivity index (χ1v) is 4.90. The molecule has 2 aromatic rings. The SMILES string of the molecule is CN(C)C(=O)c1ccc(-c2cccnc2)o1. The van der Waals surface area contributed by atoms with Crippen LogP contribution in [0.4, 0.5) is 0 Å². The van der Waals surface area contributed by atoms with E-state index in [2.05, 4.69) is 4.98 Å². The van der Waals surface area contributed by atoms with Gasteiger partial charge in [0.05, 0.1) is 0 Å².